The first-order chi connectivity index (χ1) is 9.45. The van der Waals surface area contributed by atoms with Crippen molar-refractivity contribution in [3.8, 4) is 0 Å². The molecule has 1 N–H and O–H groups in total. The summed E-state index contributed by atoms with van der Waals surface area (Å²) in [5, 5.41) is 3.40. The van der Waals surface area contributed by atoms with Crippen LogP contribution < -0.4 is 5.32 Å². The molecular weight excluding hydrogens is 276 g/mol. The van der Waals surface area contributed by atoms with E-state index in [-0.39, 0.29) is 10.8 Å². The monoisotopic (exact) mass is 294 g/mol. The molecule has 0 saturated carbocycles. The molecule has 1 aromatic rings. The molecule has 108 valence electrons. The maximum absolute atomic E-state index is 12.5. The topological polar surface area (TPSA) is 66.5 Å². The lowest BCUT2D eigenvalue weighted by molar-refractivity contribution is 0.0782. The average Bonchev–Trinajstić information content (AvgIpc) is 2.97. The zero-order chi connectivity index (χ0) is 14.3. The van der Waals surface area contributed by atoms with Gasteiger partial charge in [0.2, 0.25) is 0 Å². The second-order valence-corrected chi connectivity index (χ2v) is 7.64. The van der Waals surface area contributed by atoms with Gasteiger partial charge in [-0.25, -0.2) is 8.42 Å². The minimum atomic E-state index is -3.28. The number of carbonyl (C=O) groups is 1. The molecule has 0 spiro atoms. The van der Waals surface area contributed by atoms with Gasteiger partial charge in [-0.1, -0.05) is 6.07 Å². The molecule has 6 heteroatoms. The Balaban J connectivity index is 1.81. The van der Waals surface area contributed by atoms with E-state index in [0.29, 0.717) is 24.1 Å². The number of benzene rings is 1. The third-order valence-corrected chi connectivity index (χ3v) is 5.27. The van der Waals surface area contributed by atoms with Crippen molar-refractivity contribution in [2.75, 3.05) is 25.9 Å². The van der Waals surface area contributed by atoms with Gasteiger partial charge in [-0.3, -0.25) is 4.79 Å². The van der Waals surface area contributed by atoms with Crippen molar-refractivity contribution in [2.45, 2.75) is 17.4 Å². The summed E-state index contributed by atoms with van der Waals surface area (Å²) in [6.07, 6.45) is 2.26. The van der Waals surface area contributed by atoms with E-state index < -0.39 is 9.84 Å². The lowest BCUT2D eigenvalue weighted by atomic mass is 10.1. The highest BCUT2D eigenvalue weighted by molar-refractivity contribution is 7.90. The van der Waals surface area contributed by atoms with E-state index in [1.54, 1.807) is 12.1 Å². The lowest BCUT2D eigenvalue weighted by Gasteiger charge is -2.17. The van der Waals surface area contributed by atoms with Crippen molar-refractivity contribution in [2.24, 2.45) is 5.92 Å². The van der Waals surface area contributed by atoms with E-state index in [4.69, 9.17) is 0 Å². The van der Waals surface area contributed by atoms with Crippen molar-refractivity contribution >= 4 is 15.7 Å². The van der Waals surface area contributed by atoms with Crippen molar-refractivity contribution in [3.05, 3.63) is 29.8 Å². The number of likely N-dealkylation sites (tertiary alicyclic amines) is 1. The Bertz CT molecular complexity index is 630. The highest BCUT2D eigenvalue weighted by atomic mass is 32.2. The lowest BCUT2D eigenvalue weighted by Crippen LogP contribution is -2.34. The number of rotatable bonds is 2. The molecule has 2 saturated heterocycles. The van der Waals surface area contributed by atoms with E-state index >= 15 is 0 Å². The fourth-order valence-electron chi connectivity index (χ4n) is 3.06. The maximum Gasteiger partial charge on any atom is 0.253 e. The summed E-state index contributed by atoms with van der Waals surface area (Å²) in [5.41, 5.74) is 0.452. The maximum atomic E-state index is 12.5. The third-order valence-electron chi connectivity index (χ3n) is 4.16. The predicted molar refractivity (Wildman–Crippen MR) is 75.4 cm³/mol. The van der Waals surface area contributed by atoms with Crippen LogP contribution in [-0.2, 0) is 9.84 Å². The summed E-state index contributed by atoms with van der Waals surface area (Å²) in [6, 6.07) is 6.69. The SMILES string of the molecule is CS(=O)(=O)c1cccc(C(=O)N2C[C@@H]3CCN[C@@H]3C2)c1. The van der Waals surface area contributed by atoms with Gasteiger partial charge in [0.1, 0.15) is 0 Å². The van der Waals surface area contributed by atoms with Crippen LogP contribution in [0.4, 0.5) is 0 Å². The van der Waals surface area contributed by atoms with Gasteiger partial charge in [-0.2, -0.15) is 0 Å². The number of carbonyl (C=O) groups excluding carboxylic acids is 1. The molecule has 0 unspecified atom stereocenters. The zero-order valence-electron chi connectivity index (χ0n) is 11.4. The molecule has 0 bridgehead atoms. The predicted octanol–water partition coefficient (Wildman–Crippen LogP) is 0.524. The summed E-state index contributed by atoms with van der Waals surface area (Å²) in [7, 11) is -3.28. The highest BCUT2D eigenvalue weighted by Crippen LogP contribution is 2.26. The highest BCUT2D eigenvalue weighted by Gasteiger charge is 2.38. The molecule has 2 atom stereocenters. The Hall–Kier alpha value is -1.40. The zero-order valence-corrected chi connectivity index (χ0v) is 12.2. The van der Waals surface area contributed by atoms with Crippen molar-refractivity contribution in [1.82, 2.24) is 10.2 Å². The van der Waals surface area contributed by atoms with Crippen molar-refractivity contribution in [1.29, 1.82) is 0 Å². The summed E-state index contributed by atoms with van der Waals surface area (Å²) < 4.78 is 23.1. The fraction of sp³-hybridized carbons (Fsp3) is 0.500. The number of amides is 1. The van der Waals surface area contributed by atoms with Crippen LogP contribution in [0, 0.1) is 5.92 Å². The molecule has 2 aliphatic rings. The molecule has 20 heavy (non-hydrogen) atoms. The van der Waals surface area contributed by atoms with Crippen LogP contribution in [0.2, 0.25) is 0 Å². The Kier molecular flexibility index (Phi) is 3.30. The largest absolute Gasteiger partial charge is 0.337 e. The third kappa shape index (κ3) is 2.45. The summed E-state index contributed by atoms with van der Waals surface area (Å²) in [6.45, 7) is 2.51. The second-order valence-electron chi connectivity index (χ2n) is 5.62. The molecule has 0 radical (unpaired) electrons. The number of hydrogen-bond acceptors (Lipinski definition) is 4. The molecule has 5 nitrogen and oxygen atoms in total. The first-order valence-corrected chi connectivity index (χ1v) is 8.67. The Morgan fingerprint density at radius 2 is 2.15 bits per heavy atom. The Labute approximate surface area is 118 Å². The standard InChI is InChI=1S/C14H18N2O3S/c1-20(18,19)12-4-2-3-10(7-12)14(17)16-8-11-5-6-15-13(11)9-16/h2-4,7,11,13,15H,5-6,8-9H2,1H3/t11-,13+/m0/s1. The van der Waals surface area contributed by atoms with Crippen LogP contribution in [0.25, 0.3) is 0 Å². The van der Waals surface area contributed by atoms with E-state index in [2.05, 4.69) is 5.32 Å². The first-order valence-electron chi connectivity index (χ1n) is 6.78. The molecule has 3 rings (SSSR count). The quantitative estimate of drug-likeness (QED) is 0.864. The van der Waals surface area contributed by atoms with Crippen molar-refractivity contribution in [3.63, 3.8) is 0 Å². The van der Waals surface area contributed by atoms with Crippen LogP contribution >= 0.6 is 0 Å². The van der Waals surface area contributed by atoms with Crippen LogP contribution in [0.5, 0.6) is 0 Å². The number of hydrogen-bond donors (Lipinski definition) is 1. The molecular formula is C14H18N2O3S. The van der Waals surface area contributed by atoms with Crippen LogP contribution in [0.15, 0.2) is 29.2 Å². The van der Waals surface area contributed by atoms with Gasteiger partial charge < -0.3 is 10.2 Å². The van der Waals surface area contributed by atoms with Gasteiger partial charge in [-0.05, 0) is 37.1 Å². The first kappa shape index (κ1) is 13.6. The minimum Gasteiger partial charge on any atom is -0.337 e. The molecule has 2 aliphatic heterocycles. The van der Waals surface area contributed by atoms with Gasteiger partial charge in [0.15, 0.2) is 9.84 Å². The molecule has 2 heterocycles. The summed E-state index contributed by atoms with van der Waals surface area (Å²) in [5.74, 6) is 0.462. The van der Waals surface area contributed by atoms with Crippen LogP contribution in [0.1, 0.15) is 16.8 Å². The normalized spacial score (nSPS) is 25.8. The smallest absolute Gasteiger partial charge is 0.253 e. The average molecular weight is 294 g/mol. The van der Waals surface area contributed by atoms with Crippen molar-refractivity contribution < 1.29 is 13.2 Å². The summed E-state index contributed by atoms with van der Waals surface area (Å²) >= 11 is 0. The van der Waals surface area contributed by atoms with E-state index in [0.717, 1.165) is 25.8 Å². The van der Waals surface area contributed by atoms with Gasteiger partial charge in [0.05, 0.1) is 4.90 Å². The second kappa shape index (κ2) is 4.86. The van der Waals surface area contributed by atoms with E-state index in [1.807, 2.05) is 4.90 Å². The van der Waals surface area contributed by atoms with Crippen LogP contribution in [-0.4, -0.2) is 51.2 Å². The number of nitrogens with zero attached hydrogens (tertiary/aromatic N) is 1. The Morgan fingerprint density at radius 3 is 2.85 bits per heavy atom. The fourth-order valence-corrected chi connectivity index (χ4v) is 3.72. The Morgan fingerprint density at radius 1 is 1.35 bits per heavy atom. The van der Waals surface area contributed by atoms with Gasteiger partial charge in [0.25, 0.3) is 5.91 Å². The van der Waals surface area contributed by atoms with Gasteiger partial charge >= 0.3 is 0 Å². The molecule has 0 aromatic heterocycles. The number of fused-ring (bicyclic) bond motifs is 1. The number of sulfone groups is 1. The molecule has 1 aromatic carbocycles. The molecule has 2 fully saturated rings. The summed E-state index contributed by atoms with van der Waals surface area (Å²) in [4.78, 5) is 14.5. The van der Waals surface area contributed by atoms with Gasteiger partial charge in [0, 0.05) is 31.0 Å². The van der Waals surface area contributed by atoms with E-state index in [9.17, 15) is 13.2 Å². The van der Waals surface area contributed by atoms with Crippen LogP contribution in [0.3, 0.4) is 0 Å². The minimum absolute atomic E-state index is 0.0771. The number of nitrogens with one attached hydrogen (secondary N) is 1. The molecule has 0 aliphatic carbocycles. The van der Waals surface area contributed by atoms with E-state index in [1.165, 1.54) is 12.1 Å². The van der Waals surface area contributed by atoms with Gasteiger partial charge in [-0.15, -0.1) is 0 Å². The molecule has 1 amide bonds.